The van der Waals surface area contributed by atoms with E-state index in [-0.39, 0.29) is 11.6 Å². The van der Waals surface area contributed by atoms with Crippen molar-refractivity contribution in [3.8, 4) is 5.75 Å². The zero-order chi connectivity index (χ0) is 21.4. The molecule has 0 atom stereocenters. The monoisotopic (exact) mass is 420 g/mol. The zero-order valence-corrected chi connectivity index (χ0v) is 16.5. The number of rotatable bonds is 6. The van der Waals surface area contributed by atoms with Crippen molar-refractivity contribution in [1.82, 2.24) is 9.97 Å². The van der Waals surface area contributed by atoms with Crippen molar-refractivity contribution in [2.45, 2.75) is 6.42 Å². The van der Waals surface area contributed by atoms with Gasteiger partial charge in [-0.3, -0.25) is 4.99 Å². The molecule has 6 nitrogen and oxygen atoms in total. The van der Waals surface area contributed by atoms with Crippen molar-refractivity contribution < 1.29 is 18.5 Å². The molecular weight excluding hydrogens is 400 g/mol. The molecule has 8 heteroatoms. The number of H-pyrrole nitrogens is 2. The molecule has 0 aliphatic rings. The lowest BCUT2D eigenvalue weighted by atomic mass is 10.1. The van der Waals surface area contributed by atoms with Crippen LogP contribution in [0.25, 0.3) is 43.6 Å². The maximum absolute atomic E-state index is 13.9. The third-order valence-electron chi connectivity index (χ3n) is 5.31. The van der Waals surface area contributed by atoms with Gasteiger partial charge in [-0.05, 0) is 47.5 Å². The van der Waals surface area contributed by atoms with Crippen LogP contribution in [0.3, 0.4) is 0 Å². The summed E-state index contributed by atoms with van der Waals surface area (Å²) in [6, 6.07) is 11.2. The lowest BCUT2D eigenvalue weighted by molar-refractivity contribution is -0.453. The van der Waals surface area contributed by atoms with E-state index in [1.807, 2.05) is 6.07 Å². The number of ether oxygens (including phenoxy) is 1. The van der Waals surface area contributed by atoms with Crippen LogP contribution in [0.15, 0.2) is 47.5 Å². The summed E-state index contributed by atoms with van der Waals surface area (Å²) in [6.07, 6.45) is 3.45. The highest BCUT2D eigenvalue weighted by atomic mass is 19.1. The minimum absolute atomic E-state index is 0.316. The number of aromatic nitrogens is 2. The van der Waals surface area contributed by atoms with Gasteiger partial charge in [0.15, 0.2) is 5.75 Å². The van der Waals surface area contributed by atoms with Crippen LogP contribution in [0.5, 0.6) is 5.75 Å². The molecule has 0 fully saturated rings. The Kier molecular flexibility index (Phi) is 4.74. The molecule has 0 aliphatic heterocycles. The minimum Gasteiger partial charge on any atom is -0.489 e. The Morgan fingerprint density at radius 2 is 1.52 bits per heavy atom. The highest BCUT2D eigenvalue weighted by Gasteiger charge is 2.18. The quantitative estimate of drug-likeness (QED) is 0.193. The van der Waals surface area contributed by atoms with Gasteiger partial charge in [0, 0.05) is 39.0 Å². The number of hydrogen-bond donors (Lipinski definition) is 4. The molecule has 5 N–H and O–H groups in total. The summed E-state index contributed by atoms with van der Waals surface area (Å²) in [4.78, 5) is 13.5. The number of aliphatic imine (C=N–C) groups is 1. The van der Waals surface area contributed by atoms with Gasteiger partial charge in [0.1, 0.15) is 11.6 Å². The summed E-state index contributed by atoms with van der Waals surface area (Å²) in [5.74, 6) is -0.00327. The van der Waals surface area contributed by atoms with Crippen molar-refractivity contribution in [3.05, 3.63) is 54.1 Å². The van der Waals surface area contributed by atoms with Crippen molar-refractivity contribution in [2.75, 3.05) is 13.2 Å². The fraction of sp³-hybridized carbons (Fsp3) is 0.130. The fourth-order valence-electron chi connectivity index (χ4n) is 3.95. The first-order valence-electron chi connectivity index (χ1n) is 9.92. The molecule has 0 saturated heterocycles. The van der Waals surface area contributed by atoms with Crippen LogP contribution < -0.4 is 15.5 Å². The number of aromatic amines is 2. The summed E-state index contributed by atoms with van der Waals surface area (Å²) < 4.78 is 34.1. The van der Waals surface area contributed by atoms with Crippen LogP contribution >= 0.6 is 0 Å². The Labute approximate surface area is 175 Å². The molecule has 156 valence electrons. The molecule has 0 aliphatic carbocycles. The average molecular weight is 420 g/mol. The predicted molar refractivity (Wildman–Crippen MR) is 120 cm³/mol. The van der Waals surface area contributed by atoms with Gasteiger partial charge in [-0.2, -0.15) is 0 Å². The van der Waals surface area contributed by atoms with E-state index >= 15 is 0 Å². The zero-order valence-electron chi connectivity index (χ0n) is 16.5. The van der Waals surface area contributed by atoms with Gasteiger partial charge in [-0.15, -0.1) is 0 Å². The highest BCUT2D eigenvalue weighted by molar-refractivity contribution is 6.20. The molecule has 2 heterocycles. The average Bonchev–Trinajstić information content (AvgIpc) is 3.30. The van der Waals surface area contributed by atoms with E-state index in [0.717, 1.165) is 50.0 Å². The Morgan fingerprint density at radius 3 is 2.10 bits per heavy atom. The second-order valence-corrected chi connectivity index (χ2v) is 7.26. The molecular formula is C23H20F2N5O+. The van der Waals surface area contributed by atoms with Gasteiger partial charge >= 0.3 is 0 Å². The van der Waals surface area contributed by atoms with Crippen molar-refractivity contribution in [2.24, 2.45) is 10.7 Å². The Hall–Kier alpha value is -3.94. The number of hydrogen-bond acceptors (Lipinski definition) is 1. The SMILES string of the molecule is NC=NC=[NH+]CCCOc1c2[nH]c3ccc(F)cc3c2cc2c1[nH]c1ccc(F)cc12. The summed E-state index contributed by atoms with van der Waals surface area (Å²) in [5.41, 5.74) is 8.35. The summed E-state index contributed by atoms with van der Waals surface area (Å²) in [6.45, 7) is 1.10. The molecule has 5 aromatic rings. The van der Waals surface area contributed by atoms with Crippen molar-refractivity contribution >= 4 is 56.3 Å². The van der Waals surface area contributed by atoms with Gasteiger partial charge in [0.05, 0.1) is 24.2 Å². The Morgan fingerprint density at radius 1 is 0.903 bits per heavy atom. The standard InChI is InChI=1S/C23H19F2N5O/c24-13-2-4-19-15(8-13)17-10-18-16-9-14(25)3-5-20(16)30-22(18)23(21(17)29-19)31-7-1-6-27-12-28-11-26/h2-5,8-12,29-30H,1,6-7H2,(H2,26,27,28)/p+1. The maximum atomic E-state index is 13.9. The van der Waals surface area contributed by atoms with E-state index in [4.69, 9.17) is 10.5 Å². The van der Waals surface area contributed by atoms with Gasteiger partial charge in [0.25, 0.3) is 6.34 Å². The molecule has 0 unspecified atom stereocenters. The van der Waals surface area contributed by atoms with Crippen LogP contribution in [-0.2, 0) is 0 Å². The first-order chi connectivity index (χ1) is 15.2. The molecule has 0 bridgehead atoms. The van der Waals surface area contributed by atoms with E-state index in [0.29, 0.717) is 18.9 Å². The van der Waals surface area contributed by atoms with E-state index in [1.165, 1.54) is 36.9 Å². The van der Waals surface area contributed by atoms with Crippen LogP contribution in [0.4, 0.5) is 8.78 Å². The lowest BCUT2D eigenvalue weighted by Gasteiger charge is -2.08. The number of nitrogens with two attached hydrogens (primary N) is 1. The third-order valence-corrected chi connectivity index (χ3v) is 5.31. The van der Waals surface area contributed by atoms with E-state index in [1.54, 1.807) is 12.1 Å². The second kappa shape index (κ2) is 7.71. The van der Waals surface area contributed by atoms with E-state index < -0.39 is 0 Å². The number of nitrogens with zero attached hydrogens (tertiary/aromatic N) is 1. The maximum Gasteiger partial charge on any atom is 0.281 e. The second-order valence-electron chi connectivity index (χ2n) is 7.26. The van der Waals surface area contributed by atoms with Crippen molar-refractivity contribution in [3.63, 3.8) is 0 Å². The number of halogens is 2. The summed E-state index contributed by atoms with van der Waals surface area (Å²) in [5, 5.41) is 3.16. The Bertz CT molecular complexity index is 1390. The molecule has 31 heavy (non-hydrogen) atoms. The van der Waals surface area contributed by atoms with Gasteiger partial charge in [0.2, 0.25) is 6.34 Å². The van der Waals surface area contributed by atoms with Gasteiger partial charge in [-0.1, -0.05) is 0 Å². The first kappa shape index (κ1) is 19.0. The van der Waals surface area contributed by atoms with Crippen molar-refractivity contribution in [1.29, 1.82) is 0 Å². The van der Waals surface area contributed by atoms with Crippen LogP contribution in [0, 0.1) is 11.6 Å². The van der Waals surface area contributed by atoms with Crippen LogP contribution in [0.2, 0.25) is 0 Å². The molecule has 0 saturated carbocycles. The van der Waals surface area contributed by atoms with Gasteiger partial charge < -0.3 is 20.4 Å². The minimum atomic E-state index is -0.316. The molecule has 3 aromatic carbocycles. The molecule has 0 amide bonds. The third kappa shape index (κ3) is 3.35. The number of nitrogens with one attached hydrogen (secondary N) is 3. The van der Waals surface area contributed by atoms with Gasteiger partial charge in [-0.25, -0.2) is 8.78 Å². The topological polar surface area (TPSA) is 93.2 Å². The highest BCUT2D eigenvalue weighted by Crippen LogP contribution is 2.41. The fourth-order valence-corrected chi connectivity index (χ4v) is 3.95. The number of fused-ring (bicyclic) bond motifs is 6. The first-order valence-corrected chi connectivity index (χ1v) is 9.92. The largest absolute Gasteiger partial charge is 0.489 e. The van der Waals surface area contributed by atoms with E-state index in [2.05, 4.69) is 20.0 Å². The summed E-state index contributed by atoms with van der Waals surface area (Å²) >= 11 is 0. The predicted octanol–water partition coefficient (Wildman–Crippen LogP) is 3.10. The number of benzene rings is 3. The molecule has 2 aromatic heterocycles. The smallest absolute Gasteiger partial charge is 0.281 e. The summed E-state index contributed by atoms with van der Waals surface area (Å²) in [7, 11) is 0. The van der Waals surface area contributed by atoms with E-state index in [9.17, 15) is 8.78 Å². The molecule has 0 spiro atoms. The molecule has 0 radical (unpaired) electrons. The lowest BCUT2D eigenvalue weighted by Crippen LogP contribution is -2.68. The molecule has 5 rings (SSSR count). The van der Waals surface area contributed by atoms with Crippen LogP contribution in [-0.4, -0.2) is 35.8 Å². The van der Waals surface area contributed by atoms with Crippen LogP contribution in [0.1, 0.15) is 6.42 Å². The Balaban J connectivity index is 1.65. The normalized spacial score (nSPS) is 12.5.